The summed E-state index contributed by atoms with van der Waals surface area (Å²) in [6.45, 7) is 27.4. The summed E-state index contributed by atoms with van der Waals surface area (Å²) in [5.74, 6) is 0.276. The Morgan fingerprint density at radius 2 is 1.30 bits per heavy atom. The lowest BCUT2D eigenvalue weighted by atomic mass is 9.81. The van der Waals surface area contributed by atoms with Crippen molar-refractivity contribution in [2.45, 2.75) is 142 Å². The number of carbonyl (C=O) groups is 2. The van der Waals surface area contributed by atoms with Crippen LogP contribution in [-0.4, -0.2) is 75.4 Å². The topological polar surface area (TPSA) is 89.9 Å². The standard InChI is InChI=1S/C39H61N3O6Si2/c1-28-23-32-24-34(48-50(11,12)39(6,7)8)29(2)33(27-47-49(9,10)38(3,4)5)42(32)35(40-36(43)45-25-30-19-15-13-16-20-30)41(28)37(44)46-26-31-21-17-14-18-22-31/h13-22,28-29,32-34H,23-27H2,1-12H3/b40-35-/t28-,29+,32-,33+,34-/m0/s1. The number of benzene rings is 2. The third kappa shape index (κ3) is 9.45. The molecule has 0 spiro atoms. The lowest BCUT2D eigenvalue weighted by Gasteiger charge is -2.57. The van der Waals surface area contributed by atoms with Crippen LogP contribution in [0.5, 0.6) is 0 Å². The number of hydrogen-bond donors (Lipinski definition) is 0. The third-order valence-electron chi connectivity index (χ3n) is 11.4. The molecule has 2 fully saturated rings. The zero-order chi connectivity index (χ0) is 37.1. The van der Waals surface area contributed by atoms with Gasteiger partial charge in [-0.25, -0.2) is 14.5 Å². The Morgan fingerprint density at radius 3 is 1.82 bits per heavy atom. The normalized spacial score (nSPS) is 24.2. The lowest BCUT2D eigenvalue weighted by Crippen LogP contribution is -2.69. The number of amides is 2. The van der Waals surface area contributed by atoms with Gasteiger partial charge in [0, 0.05) is 18.0 Å². The fourth-order valence-corrected chi connectivity index (χ4v) is 8.60. The number of fused-ring (bicyclic) bond motifs is 1. The molecule has 2 aliphatic heterocycles. The number of hydrogen-bond acceptors (Lipinski definition) is 6. The van der Waals surface area contributed by atoms with E-state index >= 15 is 0 Å². The second-order valence-electron chi connectivity index (χ2n) is 17.2. The molecule has 276 valence electrons. The Bertz CT molecular complexity index is 1470. The van der Waals surface area contributed by atoms with E-state index in [1.807, 2.05) is 67.6 Å². The molecule has 0 aliphatic carbocycles. The van der Waals surface area contributed by atoms with Crippen molar-refractivity contribution in [3.8, 4) is 0 Å². The SMILES string of the molecule is C[C@H]1[C@@H](O[Si](C)(C)C(C)(C)C)C[C@@H]2C[C@H](C)N(C(=O)OCc3ccccc3)/C(=N/C(=O)OCc3ccccc3)N2[C@@H]1CO[Si](C)(C)C(C)(C)C. The van der Waals surface area contributed by atoms with Gasteiger partial charge < -0.3 is 23.2 Å². The zero-order valence-electron chi connectivity index (χ0n) is 32.5. The Morgan fingerprint density at radius 1 is 0.780 bits per heavy atom. The highest BCUT2D eigenvalue weighted by Crippen LogP contribution is 2.44. The molecule has 4 rings (SSSR count). The molecule has 2 amide bonds. The van der Waals surface area contributed by atoms with E-state index in [1.54, 1.807) is 4.90 Å². The molecule has 50 heavy (non-hydrogen) atoms. The Kier molecular flexibility index (Phi) is 12.5. The van der Waals surface area contributed by atoms with E-state index in [0.29, 0.717) is 13.0 Å². The zero-order valence-corrected chi connectivity index (χ0v) is 34.5. The predicted molar refractivity (Wildman–Crippen MR) is 205 cm³/mol. The van der Waals surface area contributed by atoms with Crippen LogP contribution in [0, 0.1) is 5.92 Å². The number of carbonyl (C=O) groups excluding carboxylic acids is 2. The lowest BCUT2D eigenvalue weighted by molar-refractivity contribution is -0.0433. The summed E-state index contributed by atoms with van der Waals surface area (Å²) >= 11 is 0. The second kappa shape index (κ2) is 15.7. The smallest absolute Gasteiger partial charge is 0.437 e. The van der Waals surface area contributed by atoms with Crippen molar-refractivity contribution >= 4 is 34.8 Å². The van der Waals surface area contributed by atoms with Crippen LogP contribution in [0.4, 0.5) is 9.59 Å². The van der Waals surface area contributed by atoms with Gasteiger partial charge in [-0.3, -0.25) is 0 Å². The maximum atomic E-state index is 14.0. The summed E-state index contributed by atoms with van der Waals surface area (Å²) in [7, 11) is -4.30. The van der Waals surface area contributed by atoms with E-state index in [-0.39, 0.29) is 59.4 Å². The number of piperidine rings is 1. The Labute approximate surface area is 303 Å². The van der Waals surface area contributed by atoms with Crippen LogP contribution in [0.25, 0.3) is 0 Å². The predicted octanol–water partition coefficient (Wildman–Crippen LogP) is 9.60. The van der Waals surface area contributed by atoms with Crippen molar-refractivity contribution in [1.82, 2.24) is 9.80 Å². The van der Waals surface area contributed by atoms with Gasteiger partial charge in [0.2, 0.25) is 5.96 Å². The van der Waals surface area contributed by atoms with E-state index in [0.717, 1.165) is 17.5 Å². The summed E-state index contributed by atoms with van der Waals surface area (Å²) in [5, 5.41) is 0.0501. The van der Waals surface area contributed by atoms with Gasteiger partial charge in [0.05, 0.1) is 18.8 Å². The first kappa shape index (κ1) is 39.8. The minimum absolute atomic E-state index is 0.00318. The first-order valence-corrected chi connectivity index (χ1v) is 23.9. The van der Waals surface area contributed by atoms with E-state index in [9.17, 15) is 9.59 Å². The molecule has 2 saturated heterocycles. The maximum Gasteiger partial charge on any atom is 0.437 e. The Hall–Kier alpha value is -3.00. The van der Waals surface area contributed by atoms with E-state index in [4.69, 9.17) is 18.3 Å². The van der Waals surface area contributed by atoms with Gasteiger partial charge in [-0.05, 0) is 67.2 Å². The fraction of sp³-hybridized carbons (Fsp3) is 0.615. The molecule has 2 aliphatic rings. The average Bonchev–Trinajstić information content (AvgIpc) is 3.02. The van der Waals surface area contributed by atoms with Gasteiger partial charge in [-0.15, -0.1) is 4.99 Å². The molecule has 0 N–H and O–H groups in total. The minimum Gasteiger partial charge on any atom is -0.444 e. The fourth-order valence-electron chi connectivity index (χ4n) is 6.16. The van der Waals surface area contributed by atoms with Crippen LogP contribution in [0.15, 0.2) is 65.7 Å². The van der Waals surface area contributed by atoms with E-state index in [2.05, 4.69) is 84.5 Å². The minimum atomic E-state index is -2.18. The summed E-state index contributed by atoms with van der Waals surface area (Å²) < 4.78 is 25.7. The van der Waals surface area contributed by atoms with Gasteiger partial charge in [0.15, 0.2) is 16.6 Å². The molecular formula is C39H61N3O6Si2. The molecule has 0 saturated carbocycles. The van der Waals surface area contributed by atoms with Crippen molar-refractivity contribution in [3.63, 3.8) is 0 Å². The molecule has 2 aromatic rings. The molecular weight excluding hydrogens is 663 g/mol. The van der Waals surface area contributed by atoms with E-state index in [1.165, 1.54) is 0 Å². The molecule has 9 nitrogen and oxygen atoms in total. The molecule has 0 bridgehead atoms. The molecule has 0 aromatic heterocycles. The molecule has 2 heterocycles. The van der Waals surface area contributed by atoms with Gasteiger partial charge in [-0.1, -0.05) is 109 Å². The van der Waals surface area contributed by atoms with Crippen LogP contribution >= 0.6 is 0 Å². The van der Waals surface area contributed by atoms with Crippen LogP contribution in [0.3, 0.4) is 0 Å². The highest BCUT2D eigenvalue weighted by atomic mass is 28.4. The van der Waals surface area contributed by atoms with Crippen molar-refractivity contribution in [2.75, 3.05) is 6.61 Å². The second-order valence-corrected chi connectivity index (χ2v) is 26.7. The third-order valence-corrected chi connectivity index (χ3v) is 20.4. The van der Waals surface area contributed by atoms with Crippen LogP contribution in [0.1, 0.15) is 79.4 Å². The van der Waals surface area contributed by atoms with Gasteiger partial charge in [0.1, 0.15) is 13.2 Å². The summed E-state index contributed by atoms with van der Waals surface area (Å²) in [6, 6.07) is 18.6. The number of nitrogens with zero attached hydrogens (tertiary/aromatic N) is 3. The molecule has 0 unspecified atom stereocenters. The van der Waals surface area contributed by atoms with Gasteiger partial charge >= 0.3 is 12.2 Å². The number of aliphatic imine (C=N–C) groups is 1. The van der Waals surface area contributed by atoms with Crippen LogP contribution in [-0.2, 0) is 31.5 Å². The average molecular weight is 724 g/mol. The van der Waals surface area contributed by atoms with Crippen molar-refractivity contribution < 1.29 is 27.9 Å². The number of rotatable bonds is 9. The number of ether oxygens (including phenoxy) is 2. The quantitative estimate of drug-likeness (QED) is 0.238. The summed E-state index contributed by atoms with van der Waals surface area (Å²) in [4.78, 5) is 35.9. The largest absolute Gasteiger partial charge is 0.444 e. The first-order valence-electron chi connectivity index (χ1n) is 18.1. The van der Waals surface area contributed by atoms with E-state index < -0.39 is 28.8 Å². The van der Waals surface area contributed by atoms with Gasteiger partial charge in [-0.2, -0.15) is 0 Å². The molecule has 5 atom stereocenters. The highest BCUT2D eigenvalue weighted by Gasteiger charge is 2.52. The molecule has 11 heteroatoms. The summed E-state index contributed by atoms with van der Waals surface area (Å²) in [6.07, 6.45) is 0.0960. The van der Waals surface area contributed by atoms with Crippen LogP contribution in [0.2, 0.25) is 36.3 Å². The van der Waals surface area contributed by atoms with Crippen LogP contribution < -0.4 is 0 Å². The van der Waals surface area contributed by atoms with Crippen molar-refractivity contribution in [3.05, 3.63) is 71.8 Å². The first-order chi connectivity index (χ1) is 23.2. The summed E-state index contributed by atoms with van der Waals surface area (Å²) in [5.41, 5.74) is 1.73. The van der Waals surface area contributed by atoms with Crippen molar-refractivity contribution in [2.24, 2.45) is 10.9 Å². The molecule has 2 aromatic carbocycles. The Balaban J connectivity index is 1.75. The maximum absolute atomic E-state index is 14.0. The highest BCUT2D eigenvalue weighted by molar-refractivity contribution is 6.74. The number of guanidine groups is 1. The monoisotopic (exact) mass is 723 g/mol. The van der Waals surface area contributed by atoms with Gasteiger partial charge in [0.25, 0.3) is 0 Å². The molecule has 0 radical (unpaired) electrons. The van der Waals surface area contributed by atoms with Crippen molar-refractivity contribution in [1.29, 1.82) is 0 Å².